The summed E-state index contributed by atoms with van der Waals surface area (Å²) in [6, 6.07) is 8.25. The number of aliphatic hydroxyl groups excluding tert-OH is 1. The van der Waals surface area contributed by atoms with Gasteiger partial charge in [-0.3, -0.25) is 0 Å². The Balaban J connectivity index is 0.000000238. The Morgan fingerprint density at radius 2 is 1.74 bits per heavy atom. The molecule has 0 bridgehead atoms. The van der Waals surface area contributed by atoms with E-state index in [-0.39, 0.29) is 6.61 Å². The molecular formula is C20H30HfNO. The molecular weight excluding hydrogens is 449 g/mol. The van der Waals surface area contributed by atoms with E-state index in [9.17, 15) is 0 Å². The van der Waals surface area contributed by atoms with Crippen molar-refractivity contribution in [1.82, 2.24) is 4.90 Å². The van der Waals surface area contributed by atoms with Crippen molar-refractivity contribution in [2.45, 2.75) is 40.2 Å². The first-order valence-corrected chi connectivity index (χ1v) is 9.99. The van der Waals surface area contributed by atoms with Crippen LogP contribution in [0.15, 0.2) is 45.3 Å². The van der Waals surface area contributed by atoms with Crippen LogP contribution in [0.5, 0.6) is 0 Å². The number of rotatable bonds is 4. The third-order valence-electron chi connectivity index (χ3n) is 3.73. The fraction of sp³-hybridized carbons (Fsp3) is 0.500. The monoisotopic (exact) mass is 480 g/mol. The molecule has 1 aromatic carbocycles. The maximum atomic E-state index is 8.86. The Kier molecular flexibility index (Phi) is 8.66. The molecule has 1 aliphatic rings. The average Bonchev–Trinajstić information content (AvgIpc) is 2.88. The van der Waals surface area contributed by atoms with E-state index in [2.05, 4.69) is 64.1 Å². The molecule has 0 unspecified atom stereocenters. The second kappa shape index (κ2) is 9.71. The minimum Gasteiger partial charge on any atom is -0.396 e. The topological polar surface area (TPSA) is 23.5 Å². The van der Waals surface area contributed by atoms with Crippen LogP contribution in [0.25, 0.3) is 0 Å². The van der Waals surface area contributed by atoms with E-state index in [0.29, 0.717) is 5.41 Å². The maximum Gasteiger partial charge on any atom is 0.0471 e. The Morgan fingerprint density at radius 1 is 1.13 bits per heavy atom. The molecule has 0 aliphatic heterocycles. The van der Waals surface area contributed by atoms with Gasteiger partial charge in [0.25, 0.3) is 0 Å². The molecule has 23 heavy (non-hydrogen) atoms. The van der Waals surface area contributed by atoms with Crippen molar-refractivity contribution < 1.29 is 29.5 Å². The molecule has 0 heterocycles. The van der Waals surface area contributed by atoms with Gasteiger partial charge in [-0.15, -0.1) is 0 Å². The summed E-state index contributed by atoms with van der Waals surface area (Å²) in [4.78, 5) is 2.14. The van der Waals surface area contributed by atoms with Gasteiger partial charge in [-0.25, -0.2) is 0 Å². The van der Waals surface area contributed by atoms with Crippen molar-refractivity contribution in [2.24, 2.45) is 5.41 Å². The molecule has 1 aromatic rings. The molecule has 125 valence electrons. The first kappa shape index (κ1) is 20.5. The first-order valence-electron chi connectivity index (χ1n) is 8.20. The van der Waals surface area contributed by atoms with Gasteiger partial charge < -0.3 is 10.0 Å². The SMILES string of the molecule is CC(C)(C)C1=[C]([Hf])CC=C1.CN(C)Cc1ccccc1CCO. The Labute approximate surface area is 156 Å². The average molecular weight is 479 g/mol. The third kappa shape index (κ3) is 7.28. The number of allylic oxidation sites excluding steroid dienone is 4. The quantitative estimate of drug-likeness (QED) is 0.659. The second-order valence-corrected chi connectivity index (χ2v) is 9.40. The number of hydrogen-bond acceptors (Lipinski definition) is 2. The molecule has 1 N–H and O–H groups in total. The summed E-state index contributed by atoms with van der Waals surface area (Å²) in [6.45, 7) is 8.03. The van der Waals surface area contributed by atoms with E-state index < -0.39 is 0 Å². The Hall–Kier alpha value is -0.510. The molecule has 0 spiro atoms. The van der Waals surface area contributed by atoms with E-state index in [4.69, 9.17) is 5.11 Å². The van der Waals surface area contributed by atoms with Crippen molar-refractivity contribution in [3.63, 3.8) is 0 Å². The van der Waals surface area contributed by atoms with Crippen LogP contribution in [-0.2, 0) is 37.3 Å². The van der Waals surface area contributed by atoms with Crippen molar-refractivity contribution >= 4 is 0 Å². The summed E-state index contributed by atoms with van der Waals surface area (Å²) in [7, 11) is 4.10. The maximum absolute atomic E-state index is 8.86. The molecule has 0 amide bonds. The van der Waals surface area contributed by atoms with E-state index in [0.717, 1.165) is 13.0 Å². The zero-order valence-corrected chi connectivity index (χ0v) is 18.8. The standard InChI is InChI=1S/C11H17NO.C9H13.Hf/c1-12(2)9-11-6-4-3-5-10(11)7-8-13;1-9(2,3)8-6-4-5-7-8;/h3-6,13H,7-9H2,1-2H3;4,6H,5H2,1-3H3;. The van der Waals surface area contributed by atoms with Crippen LogP contribution in [0.2, 0.25) is 0 Å². The van der Waals surface area contributed by atoms with Crippen molar-refractivity contribution in [1.29, 1.82) is 0 Å². The summed E-state index contributed by atoms with van der Waals surface area (Å²) in [5, 5.41) is 8.86. The van der Waals surface area contributed by atoms with Crippen LogP contribution >= 0.6 is 0 Å². The van der Waals surface area contributed by atoms with Crippen molar-refractivity contribution in [3.8, 4) is 0 Å². The van der Waals surface area contributed by atoms with Crippen LogP contribution in [0.3, 0.4) is 0 Å². The summed E-state index contributed by atoms with van der Waals surface area (Å²) < 4.78 is 1.67. The molecule has 0 aromatic heterocycles. The van der Waals surface area contributed by atoms with Gasteiger partial charge in [0, 0.05) is 13.2 Å². The first-order chi connectivity index (χ1) is 10.8. The molecule has 0 saturated heterocycles. The number of aliphatic hydroxyl groups is 1. The smallest absolute Gasteiger partial charge is 0.0471 e. The summed E-state index contributed by atoms with van der Waals surface area (Å²) in [5.74, 6) is 0. The largest absolute Gasteiger partial charge is 0.396 e. The predicted molar refractivity (Wildman–Crippen MR) is 94.9 cm³/mol. The van der Waals surface area contributed by atoms with Gasteiger partial charge in [-0.05, 0) is 31.6 Å². The molecule has 0 fully saturated rings. The van der Waals surface area contributed by atoms with Crippen molar-refractivity contribution in [2.75, 3.05) is 20.7 Å². The summed E-state index contributed by atoms with van der Waals surface area (Å²) >= 11 is 1.23. The van der Waals surface area contributed by atoms with E-state index in [1.54, 1.807) is 8.90 Å². The second-order valence-electron chi connectivity index (χ2n) is 7.23. The molecule has 2 rings (SSSR count). The van der Waals surface area contributed by atoms with Gasteiger partial charge >= 0.3 is 78.0 Å². The normalized spacial score (nSPS) is 14.2. The minimum atomic E-state index is 0.227. The van der Waals surface area contributed by atoms with Gasteiger partial charge in [-0.2, -0.15) is 0 Å². The zero-order valence-electron chi connectivity index (χ0n) is 15.2. The van der Waals surface area contributed by atoms with E-state index in [1.807, 2.05) is 12.1 Å². The summed E-state index contributed by atoms with van der Waals surface area (Å²) in [5.41, 5.74) is 4.52. The van der Waals surface area contributed by atoms with Crippen LogP contribution < -0.4 is 0 Å². The van der Waals surface area contributed by atoms with Crippen LogP contribution in [0.4, 0.5) is 0 Å². The van der Waals surface area contributed by atoms with Gasteiger partial charge in [-0.1, -0.05) is 24.3 Å². The van der Waals surface area contributed by atoms with Crippen molar-refractivity contribution in [3.05, 3.63) is 56.4 Å². The van der Waals surface area contributed by atoms with Gasteiger partial charge in [0.2, 0.25) is 0 Å². The van der Waals surface area contributed by atoms with Crippen LogP contribution in [0, 0.1) is 5.41 Å². The molecule has 1 aliphatic carbocycles. The summed E-state index contributed by atoms with van der Waals surface area (Å²) in [6.07, 6.45) is 6.55. The molecule has 0 atom stereocenters. The minimum absolute atomic E-state index is 0.227. The zero-order chi connectivity index (χ0) is 17.5. The van der Waals surface area contributed by atoms with Crippen LogP contribution in [0.1, 0.15) is 38.3 Å². The van der Waals surface area contributed by atoms with Gasteiger partial charge in [0.05, 0.1) is 0 Å². The van der Waals surface area contributed by atoms with E-state index in [1.165, 1.54) is 41.9 Å². The number of benzene rings is 1. The molecule has 3 heteroatoms. The fourth-order valence-corrected chi connectivity index (χ4v) is 4.69. The Morgan fingerprint density at radius 3 is 2.13 bits per heavy atom. The third-order valence-corrected chi connectivity index (χ3v) is 5.43. The van der Waals surface area contributed by atoms with E-state index >= 15 is 0 Å². The Bertz CT molecular complexity index is 553. The van der Waals surface area contributed by atoms with Crippen LogP contribution in [-0.4, -0.2) is 30.7 Å². The molecule has 2 nitrogen and oxygen atoms in total. The van der Waals surface area contributed by atoms with Gasteiger partial charge in [0.1, 0.15) is 0 Å². The molecule has 0 saturated carbocycles. The van der Waals surface area contributed by atoms with Gasteiger partial charge in [0.15, 0.2) is 0 Å². The number of nitrogens with zero attached hydrogens (tertiary/aromatic N) is 1. The number of hydrogen-bond donors (Lipinski definition) is 1. The predicted octanol–water partition coefficient (Wildman–Crippen LogP) is 4.08. The fourth-order valence-electron chi connectivity index (χ4n) is 2.62. The molecule has 0 radical (unpaired) electrons.